The third-order valence-electron chi connectivity index (χ3n) is 4.74. The van der Waals surface area contributed by atoms with E-state index in [0.29, 0.717) is 29.4 Å². The van der Waals surface area contributed by atoms with Gasteiger partial charge in [0, 0.05) is 25.0 Å². The van der Waals surface area contributed by atoms with E-state index in [1.165, 1.54) is 4.31 Å². The maximum atomic E-state index is 13.5. The molecule has 0 atom stereocenters. The van der Waals surface area contributed by atoms with E-state index in [-0.39, 0.29) is 18.0 Å². The Morgan fingerprint density at radius 2 is 1.82 bits per heavy atom. The molecule has 0 bridgehead atoms. The molecular weight excluding hydrogens is 440 g/mol. The highest BCUT2D eigenvalue weighted by Gasteiger charge is 2.25. The summed E-state index contributed by atoms with van der Waals surface area (Å²) in [4.78, 5) is 4.47. The van der Waals surface area contributed by atoms with Gasteiger partial charge in [0.15, 0.2) is 5.84 Å². The van der Waals surface area contributed by atoms with Crippen LogP contribution in [0.1, 0.15) is 23.7 Å². The van der Waals surface area contributed by atoms with Crippen LogP contribution in [0.2, 0.25) is 0 Å². The number of nitrogens with two attached hydrogens (primary N) is 1. The zero-order valence-electron chi connectivity index (χ0n) is 18.3. The van der Waals surface area contributed by atoms with E-state index in [4.69, 9.17) is 10.6 Å². The van der Waals surface area contributed by atoms with Crippen LogP contribution in [0.3, 0.4) is 0 Å². The van der Waals surface area contributed by atoms with Crippen LogP contribution in [0, 0.1) is 0 Å². The van der Waals surface area contributed by atoms with Gasteiger partial charge < -0.3 is 10.6 Å². The lowest BCUT2D eigenvalue weighted by atomic mass is 10.1. The van der Waals surface area contributed by atoms with E-state index in [0.717, 1.165) is 5.56 Å². The Morgan fingerprint density at radius 1 is 1.09 bits per heavy atom. The number of sulfonamides is 1. The summed E-state index contributed by atoms with van der Waals surface area (Å²) in [6.07, 6.45) is 1.64. The van der Waals surface area contributed by atoms with Gasteiger partial charge in [0.1, 0.15) is 5.75 Å². The van der Waals surface area contributed by atoms with E-state index < -0.39 is 10.0 Å². The number of nitrogens with one attached hydrogen (secondary N) is 1. The molecule has 10 heteroatoms. The number of hydrogen-bond acceptors (Lipinski definition) is 7. The number of hydrogen-bond donors (Lipinski definition) is 2. The van der Waals surface area contributed by atoms with Crippen LogP contribution in [-0.4, -0.2) is 36.9 Å². The number of rotatable bonds is 10. The smallest absolute Gasteiger partial charge is 0.243 e. The first-order chi connectivity index (χ1) is 16.0. The second-order valence-electron chi connectivity index (χ2n) is 6.94. The summed E-state index contributed by atoms with van der Waals surface area (Å²) in [6.45, 7) is 6.00. The van der Waals surface area contributed by atoms with E-state index in [1.54, 1.807) is 54.7 Å². The Labute approximate surface area is 193 Å². The lowest BCUT2D eigenvalue weighted by Gasteiger charge is -2.22. The van der Waals surface area contributed by atoms with Gasteiger partial charge in [0.2, 0.25) is 10.0 Å². The molecule has 9 nitrogen and oxygen atoms in total. The molecule has 0 unspecified atom stereocenters. The lowest BCUT2D eigenvalue weighted by Crippen LogP contribution is -2.30. The third kappa shape index (κ3) is 6.15. The summed E-state index contributed by atoms with van der Waals surface area (Å²) < 4.78 is 33.8. The first-order valence-corrected chi connectivity index (χ1v) is 11.6. The van der Waals surface area contributed by atoms with Crippen LogP contribution < -0.4 is 16.0 Å². The monoisotopic (exact) mass is 466 g/mol. The van der Waals surface area contributed by atoms with E-state index in [1.807, 2.05) is 25.1 Å². The largest absolute Gasteiger partial charge is 0.494 e. The highest BCUT2D eigenvalue weighted by molar-refractivity contribution is 7.89. The first kappa shape index (κ1) is 23.9. The van der Waals surface area contributed by atoms with Gasteiger partial charge in [-0.1, -0.05) is 30.3 Å². The minimum Gasteiger partial charge on any atom is -0.494 e. The predicted molar refractivity (Wildman–Crippen MR) is 128 cm³/mol. The Morgan fingerprint density at radius 3 is 2.39 bits per heavy atom. The van der Waals surface area contributed by atoms with Gasteiger partial charge in [-0.2, -0.15) is 14.5 Å². The summed E-state index contributed by atoms with van der Waals surface area (Å²) in [7, 11) is -3.81. The van der Waals surface area contributed by atoms with Gasteiger partial charge >= 0.3 is 0 Å². The Kier molecular flexibility index (Phi) is 8.11. The van der Waals surface area contributed by atoms with Crippen molar-refractivity contribution in [2.24, 2.45) is 16.0 Å². The molecule has 0 spiro atoms. The Hall–Kier alpha value is -3.76. The topological polar surface area (TPSA) is 122 Å². The molecule has 0 saturated carbocycles. The third-order valence-corrected chi connectivity index (χ3v) is 6.54. The molecule has 0 amide bonds. The van der Waals surface area contributed by atoms with Crippen molar-refractivity contribution in [3.63, 3.8) is 0 Å². The molecule has 3 N–H and O–H groups in total. The predicted octanol–water partition coefficient (Wildman–Crippen LogP) is 2.70. The molecule has 0 fully saturated rings. The second-order valence-corrected chi connectivity index (χ2v) is 8.88. The molecule has 0 saturated heterocycles. The van der Waals surface area contributed by atoms with Crippen molar-refractivity contribution < 1.29 is 13.2 Å². The van der Waals surface area contributed by atoms with Crippen molar-refractivity contribution in [3.05, 3.63) is 89.7 Å². The maximum Gasteiger partial charge on any atom is 0.243 e. The summed E-state index contributed by atoms with van der Waals surface area (Å²) in [6, 6.07) is 19.0. The highest BCUT2D eigenvalue weighted by Crippen LogP contribution is 2.23. The molecule has 33 heavy (non-hydrogen) atoms. The number of hydrazone groups is 2. The zero-order valence-corrected chi connectivity index (χ0v) is 19.1. The number of benzene rings is 2. The van der Waals surface area contributed by atoms with Gasteiger partial charge in [0.25, 0.3) is 0 Å². The summed E-state index contributed by atoms with van der Waals surface area (Å²) >= 11 is 0. The molecular formula is C23H26N6O3S. The molecule has 0 radical (unpaired) electrons. The van der Waals surface area contributed by atoms with Crippen molar-refractivity contribution in [3.8, 4) is 5.75 Å². The molecule has 2 aromatic carbocycles. The van der Waals surface area contributed by atoms with Gasteiger partial charge in [-0.15, -0.1) is 0 Å². The van der Waals surface area contributed by atoms with Crippen LogP contribution >= 0.6 is 0 Å². The van der Waals surface area contributed by atoms with Crippen molar-refractivity contribution in [2.75, 3.05) is 6.61 Å². The maximum absolute atomic E-state index is 13.5. The van der Waals surface area contributed by atoms with Crippen molar-refractivity contribution in [2.45, 2.75) is 24.9 Å². The quantitative estimate of drug-likeness (QED) is 0.205. The van der Waals surface area contributed by atoms with E-state index in [2.05, 4.69) is 27.3 Å². The summed E-state index contributed by atoms with van der Waals surface area (Å²) in [5.41, 5.74) is 4.73. The minimum atomic E-state index is -3.81. The molecule has 3 rings (SSSR count). The SMILES string of the molecule is C=NN/C(=N\N)c1ccc(CN(Cc2ccccn2)S(=O)(=O)c2ccc(OCC)cc2)cc1. The fraction of sp³-hybridized carbons (Fsp3) is 0.174. The standard InChI is InChI=1S/C23H26N6O3S/c1-3-32-21-11-13-22(14-12-21)33(30,31)29(17-20-6-4-5-15-26-20)16-18-7-9-19(10-8-18)23(27-24)28-25-2/h4-15H,2-3,16-17,24H2,1H3,(H,27,28). The van der Waals surface area contributed by atoms with Gasteiger partial charge in [-0.3, -0.25) is 10.4 Å². The van der Waals surface area contributed by atoms with Gasteiger partial charge in [-0.25, -0.2) is 8.42 Å². The van der Waals surface area contributed by atoms with Crippen LogP contribution in [0.4, 0.5) is 0 Å². The van der Waals surface area contributed by atoms with E-state index >= 15 is 0 Å². The molecule has 0 aliphatic heterocycles. The first-order valence-electron chi connectivity index (χ1n) is 10.2. The highest BCUT2D eigenvalue weighted by atomic mass is 32.2. The van der Waals surface area contributed by atoms with Crippen LogP contribution in [0.5, 0.6) is 5.75 Å². The fourth-order valence-corrected chi connectivity index (χ4v) is 4.54. The Bertz CT molecular complexity index is 1180. The molecule has 0 aliphatic carbocycles. The normalized spacial score (nSPS) is 11.9. The fourth-order valence-electron chi connectivity index (χ4n) is 3.14. The van der Waals surface area contributed by atoms with Crippen LogP contribution in [-0.2, 0) is 23.1 Å². The molecule has 1 aromatic heterocycles. The molecule has 0 aliphatic rings. The molecule has 172 valence electrons. The second kappa shape index (κ2) is 11.2. The van der Waals surface area contributed by atoms with Crippen molar-refractivity contribution >= 4 is 22.6 Å². The number of ether oxygens (including phenoxy) is 1. The van der Waals surface area contributed by atoms with Gasteiger partial charge in [0.05, 0.1) is 23.7 Å². The molecule has 3 aromatic rings. The number of aromatic nitrogens is 1. The van der Waals surface area contributed by atoms with Crippen LogP contribution in [0.25, 0.3) is 0 Å². The average molecular weight is 467 g/mol. The lowest BCUT2D eigenvalue weighted by molar-refractivity contribution is 0.340. The van der Waals surface area contributed by atoms with Crippen LogP contribution in [0.15, 0.2) is 88.0 Å². The number of pyridine rings is 1. The summed E-state index contributed by atoms with van der Waals surface area (Å²) in [5.74, 6) is 6.35. The number of amidine groups is 1. The van der Waals surface area contributed by atoms with Crippen molar-refractivity contribution in [1.29, 1.82) is 0 Å². The minimum absolute atomic E-state index is 0.121. The van der Waals surface area contributed by atoms with Crippen molar-refractivity contribution in [1.82, 2.24) is 14.7 Å². The summed E-state index contributed by atoms with van der Waals surface area (Å²) in [5, 5.41) is 7.21. The molecule has 1 heterocycles. The van der Waals surface area contributed by atoms with E-state index in [9.17, 15) is 8.42 Å². The zero-order chi connectivity index (χ0) is 23.7. The van der Waals surface area contributed by atoms with Gasteiger partial charge in [-0.05, 0) is 48.9 Å². The number of nitrogens with zero attached hydrogens (tertiary/aromatic N) is 4. The average Bonchev–Trinajstić information content (AvgIpc) is 2.84. The Balaban J connectivity index is 1.90.